The third kappa shape index (κ3) is 3.65. The first-order valence-electron chi connectivity index (χ1n) is 8.04. The Kier molecular flexibility index (Phi) is 4.93. The zero-order valence-corrected chi connectivity index (χ0v) is 13.7. The van der Waals surface area contributed by atoms with Crippen LogP contribution in [0.1, 0.15) is 23.8 Å². The highest BCUT2D eigenvalue weighted by atomic mass is 32.1. The van der Waals surface area contributed by atoms with Crippen molar-refractivity contribution in [2.75, 3.05) is 45.8 Å². The van der Waals surface area contributed by atoms with E-state index >= 15 is 0 Å². The molecule has 0 aromatic carbocycles. The van der Waals surface area contributed by atoms with Crippen LogP contribution in [0.3, 0.4) is 0 Å². The largest absolute Gasteiger partial charge is 0.337 e. The van der Waals surface area contributed by atoms with Crippen molar-refractivity contribution in [1.29, 1.82) is 0 Å². The maximum atomic E-state index is 12.4. The van der Waals surface area contributed by atoms with Crippen LogP contribution in [-0.4, -0.2) is 66.4 Å². The minimum Gasteiger partial charge on any atom is -0.337 e. The van der Waals surface area contributed by atoms with Crippen molar-refractivity contribution in [2.24, 2.45) is 0 Å². The van der Waals surface area contributed by atoms with E-state index in [0.717, 1.165) is 58.8 Å². The van der Waals surface area contributed by atoms with Crippen molar-refractivity contribution in [3.8, 4) is 0 Å². The Morgan fingerprint density at radius 3 is 2.71 bits per heavy atom. The van der Waals surface area contributed by atoms with Gasteiger partial charge in [0.2, 0.25) is 5.91 Å². The molecule has 21 heavy (non-hydrogen) atoms. The molecule has 0 spiro atoms. The van der Waals surface area contributed by atoms with Crippen LogP contribution in [-0.2, 0) is 17.8 Å². The van der Waals surface area contributed by atoms with Gasteiger partial charge in [0.05, 0.1) is 6.54 Å². The second-order valence-corrected chi connectivity index (χ2v) is 6.96. The molecule has 4 nitrogen and oxygen atoms in total. The van der Waals surface area contributed by atoms with E-state index in [1.807, 2.05) is 4.90 Å². The lowest BCUT2D eigenvalue weighted by Crippen LogP contribution is -2.47. The molecule has 2 aliphatic rings. The van der Waals surface area contributed by atoms with Gasteiger partial charge in [0.25, 0.3) is 0 Å². The highest BCUT2D eigenvalue weighted by Gasteiger charge is 2.22. The number of likely N-dealkylation sites (N-methyl/N-ethyl adjacent to an activating group) is 1. The Hall–Kier alpha value is -0.910. The molecule has 0 aliphatic carbocycles. The van der Waals surface area contributed by atoms with E-state index < -0.39 is 0 Å². The van der Waals surface area contributed by atoms with E-state index in [1.54, 1.807) is 11.3 Å². The number of amides is 1. The van der Waals surface area contributed by atoms with Gasteiger partial charge in [0.15, 0.2) is 0 Å². The normalized spacial score (nSPS) is 20.5. The molecule has 0 radical (unpaired) electrons. The molecule has 0 unspecified atom stereocenters. The summed E-state index contributed by atoms with van der Waals surface area (Å²) in [6.45, 7) is 10.5. The van der Waals surface area contributed by atoms with E-state index in [4.69, 9.17) is 0 Å². The molecular formula is C16H25N3OS. The molecule has 5 heteroatoms. The van der Waals surface area contributed by atoms with Crippen LogP contribution in [0.25, 0.3) is 0 Å². The van der Waals surface area contributed by atoms with Crippen LogP contribution in [0.5, 0.6) is 0 Å². The predicted molar refractivity (Wildman–Crippen MR) is 86.6 cm³/mol. The molecule has 0 saturated carbocycles. The average molecular weight is 307 g/mol. The fraction of sp³-hybridized carbons (Fsp3) is 0.688. The molecule has 0 atom stereocenters. The first-order chi connectivity index (χ1) is 10.3. The number of piperazine rings is 1. The van der Waals surface area contributed by atoms with Crippen LogP contribution < -0.4 is 0 Å². The maximum absolute atomic E-state index is 12.4. The van der Waals surface area contributed by atoms with Gasteiger partial charge in [-0.15, -0.1) is 11.3 Å². The number of carbonyl (C=O) groups is 1. The quantitative estimate of drug-likeness (QED) is 0.846. The molecule has 1 saturated heterocycles. The lowest BCUT2D eigenvalue weighted by Gasteiger charge is -2.34. The number of thiophene rings is 1. The molecule has 3 rings (SSSR count). The van der Waals surface area contributed by atoms with E-state index in [2.05, 4.69) is 28.2 Å². The number of hydrogen-bond acceptors (Lipinski definition) is 4. The first-order valence-corrected chi connectivity index (χ1v) is 8.92. The van der Waals surface area contributed by atoms with Crippen LogP contribution in [0, 0.1) is 0 Å². The van der Waals surface area contributed by atoms with E-state index in [9.17, 15) is 4.79 Å². The van der Waals surface area contributed by atoms with Crippen molar-refractivity contribution in [1.82, 2.24) is 14.7 Å². The number of fused-ring (bicyclic) bond motifs is 1. The monoisotopic (exact) mass is 307 g/mol. The molecule has 2 aliphatic heterocycles. The summed E-state index contributed by atoms with van der Waals surface area (Å²) in [6, 6.07) is 2.20. The third-order valence-electron chi connectivity index (χ3n) is 4.73. The minimum atomic E-state index is 0.326. The average Bonchev–Trinajstić information content (AvgIpc) is 3.00. The summed E-state index contributed by atoms with van der Waals surface area (Å²) in [5.74, 6) is 0.326. The molecule has 1 amide bonds. The second kappa shape index (κ2) is 6.90. The van der Waals surface area contributed by atoms with Gasteiger partial charge in [0, 0.05) is 50.6 Å². The summed E-state index contributed by atoms with van der Waals surface area (Å²) < 4.78 is 0. The zero-order valence-electron chi connectivity index (χ0n) is 12.9. The fourth-order valence-electron chi connectivity index (χ4n) is 3.19. The van der Waals surface area contributed by atoms with Crippen LogP contribution in [0.15, 0.2) is 11.4 Å². The number of hydrogen-bond donors (Lipinski definition) is 0. The summed E-state index contributed by atoms with van der Waals surface area (Å²) in [6.07, 6.45) is 1.70. The minimum absolute atomic E-state index is 0.326. The van der Waals surface area contributed by atoms with E-state index in [1.165, 1.54) is 10.4 Å². The van der Waals surface area contributed by atoms with Gasteiger partial charge < -0.3 is 14.7 Å². The summed E-state index contributed by atoms with van der Waals surface area (Å²) >= 11 is 1.79. The lowest BCUT2D eigenvalue weighted by atomic mass is 10.1. The SMILES string of the molecule is CCN1CCN(CCC(=O)N2CCc3ccsc3C2)CC1. The molecule has 116 valence electrons. The summed E-state index contributed by atoms with van der Waals surface area (Å²) in [7, 11) is 0. The standard InChI is InChI=1S/C16H25N3OS/c1-2-17-8-10-18(11-9-17)6-4-16(20)19-7-3-14-5-12-21-15(14)13-19/h5,12H,2-4,6-11,13H2,1H3. The molecule has 3 heterocycles. The predicted octanol–water partition coefficient (Wildman–Crippen LogP) is 1.66. The van der Waals surface area contributed by atoms with Crippen molar-refractivity contribution in [3.05, 3.63) is 21.9 Å². The fourth-order valence-corrected chi connectivity index (χ4v) is 4.14. The lowest BCUT2D eigenvalue weighted by molar-refractivity contribution is -0.132. The van der Waals surface area contributed by atoms with Gasteiger partial charge in [0.1, 0.15) is 0 Å². The van der Waals surface area contributed by atoms with Crippen molar-refractivity contribution < 1.29 is 4.79 Å². The Balaban J connectivity index is 1.43. The Morgan fingerprint density at radius 2 is 1.95 bits per heavy atom. The smallest absolute Gasteiger partial charge is 0.224 e. The summed E-state index contributed by atoms with van der Waals surface area (Å²) in [5, 5.41) is 2.14. The van der Waals surface area contributed by atoms with Crippen LogP contribution in [0.2, 0.25) is 0 Å². The molecule has 1 aromatic rings. The van der Waals surface area contributed by atoms with Crippen LogP contribution in [0.4, 0.5) is 0 Å². The summed E-state index contributed by atoms with van der Waals surface area (Å²) in [5.41, 5.74) is 1.44. The van der Waals surface area contributed by atoms with Gasteiger partial charge in [-0.05, 0) is 30.0 Å². The molecule has 1 aromatic heterocycles. The van der Waals surface area contributed by atoms with Crippen molar-refractivity contribution in [2.45, 2.75) is 26.3 Å². The molecular weight excluding hydrogens is 282 g/mol. The second-order valence-electron chi connectivity index (χ2n) is 5.96. The highest BCUT2D eigenvalue weighted by molar-refractivity contribution is 7.10. The van der Waals surface area contributed by atoms with Gasteiger partial charge in [-0.25, -0.2) is 0 Å². The number of rotatable bonds is 4. The van der Waals surface area contributed by atoms with Gasteiger partial charge in [-0.1, -0.05) is 6.92 Å². The number of nitrogens with zero attached hydrogens (tertiary/aromatic N) is 3. The third-order valence-corrected chi connectivity index (χ3v) is 5.68. The molecule has 1 fully saturated rings. The first kappa shape index (κ1) is 15.0. The Morgan fingerprint density at radius 1 is 1.19 bits per heavy atom. The topological polar surface area (TPSA) is 26.8 Å². The van der Waals surface area contributed by atoms with Gasteiger partial charge >= 0.3 is 0 Å². The van der Waals surface area contributed by atoms with E-state index in [0.29, 0.717) is 12.3 Å². The highest BCUT2D eigenvalue weighted by Crippen LogP contribution is 2.24. The van der Waals surface area contributed by atoms with Gasteiger partial charge in [-0.3, -0.25) is 4.79 Å². The number of carbonyl (C=O) groups excluding carboxylic acids is 1. The van der Waals surface area contributed by atoms with Crippen molar-refractivity contribution in [3.63, 3.8) is 0 Å². The Bertz CT molecular complexity index is 480. The molecule has 0 N–H and O–H groups in total. The van der Waals surface area contributed by atoms with Crippen molar-refractivity contribution >= 4 is 17.2 Å². The van der Waals surface area contributed by atoms with Gasteiger partial charge in [-0.2, -0.15) is 0 Å². The van der Waals surface area contributed by atoms with E-state index in [-0.39, 0.29) is 0 Å². The molecule has 0 bridgehead atoms. The van der Waals surface area contributed by atoms with Crippen LogP contribution >= 0.6 is 11.3 Å². The Labute approximate surface area is 131 Å². The maximum Gasteiger partial charge on any atom is 0.224 e. The summed E-state index contributed by atoms with van der Waals surface area (Å²) in [4.78, 5) is 20.7. The zero-order chi connectivity index (χ0) is 14.7.